The summed E-state index contributed by atoms with van der Waals surface area (Å²) < 4.78 is 10.2. The lowest BCUT2D eigenvalue weighted by molar-refractivity contribution is 0.396. The molecule has 0 saturated heterocycles. The molecule has 0 radical (unpaired) electrons. The van der Waals surface area contributed by atoms with E-state index in [9.17, 15) is 4.79 Å². The van der Waals surface area contributed by atoms with Gasteiger partial charge in [-0.25, -0.2) is 4.79 Å². The standard InChI is InChI=1S/C14H16O3/c1-4-5-6-7-8-9-12-11(2)13(16-3)10-14(15)17-12/h4-10H,1-3H3. The van der Waals surface area contributed by atoms with Crippen molar-refractivity contribution in [1.82, 2.24) is 0 Å². The summed E-state index contributed by atoms with van der Waals surface area (Å²) in [7, 11) is 1.53. The highest BCUT2D eigenvalue weighted by molar-refractivity contribution is 5.52. The van der Waals surface area contributed by atoms with Crippen LogP contribution in [0, 0.1) is 6.92 Å². The molecular formula is C14H16O3. The van der Waals surface area contributed by atoms with Crippen LogP contribution in [0.25, 0.3) is 6.08 Å². The van der Waals surface area contributed by atoms with Crippen LogP contribution in [0.4, 0.5) is 0 Å². The summed E-state index contributed by atoms with van der Waals surface area (Å²) in [6, 6.07) is 1.34. The van der Waals surface area contributed by atoms with Crippen LogP contribution in [0.1, 0.15) is 18.2 Å². The van der Waals surface area contributed by atoms with Gasteiger partial charge in [-0.3, -0.25) is 0 Å². The maximum Gasteiger partial charge on any atom is 0.339 e. The zero-order valence-electron chi connectivity index (χ0n) is 10.3. The molecule has 0 N–H and O–H groups in total. The first-order valence-corrected chi connectivity index (χ1v) is 5.33. The van der Waals surface area contributed by atoms with Crippen molar-refractivity contribution < 1.29 is 9.15 Å². The average Bonchev–Trinajstić information content (AvgIpc) is 2.32. The quantitative estimate of drug-likeness (QED) is 0.749. The Kier molecular flexibility index (Phi) is 5.01. The number of hydrogen-bond donors (Lipinski definition) is 0. The van der Waals surface area contributed by atoms with Gasteiger partial charge >= 0.3 is 5.63 Å². The van der Waals surface area contributed by atoms with Crippen LogP contribution in [-0.4, -0.2) is 7.11 Å². The van der Waals surface area contributed by atoms with Gasteiger partial charge in [0.15, 0.2) is 0 Å². The molecule has 0 aromatic carbocycles. The first-order chi connectivity index (χ1) is 8.19. The van der Waals surface area contributed by atoms with E-state index in [1.807, 2.05) is 44.2 Å². The Morgan fingerprint density at radius 2 is 1.94 bits per heavy atom. The highest BCUT2D eigenvalue weighted by Crippen LogP contribution is 2.19. The van der Waals surface area contributed by atoms with Crippen molar-refractivity contribution >= 4 is 6.08 Å². The fourth-order valence-electron chi connectivity index (χ4n) is 1.30. The van der Waals surface area contributed by atoms with Gasteiger partial charge in [-0.05, 0) is 19.9 Å². The normalized spacial score (nSPS) is 11.9. The first-order valence-electron chi connectivity index (χ1n) is 5.33. The summed E-state index contributed by atoms with van der Waals surface area (Å²) in [5.41, 5.74) is 0.396. The van der Waals surface area contributed by atoms with Gasteiger partial charge in [-0.2, -0.15) is 0 Å². The van der Waals surface area contributed by atoms with Crippen molar-refractivity contribution in [3.63, 3.8) is 0 Å². The largest absolute Gasteiger partial charge is 0.496 e. The van der Waals surface area contributed by atoms with Crippen LogP contribution in [0.15, 0.2) is 45.7 Å². The molecule has 1 rings (SSSR count). The molecule has 1 heterocycles. The van der Waals surface area contributed by atoms with Crippen molar-refractivity contribution in [2.24, 2.45) is 0 Å². The second-order valence-electron chi connectivity index (χ2n) is 3.39. The number of ether oxygens (including phenoxy) is 1. The van der Waals surface area contributed by atoms with Gasteiger partial charge in [0.2, 0.25) is 0 Å². The molecule has 0 amide bonds. The van der Waals surface area contributed by atoms with E-state index in [2.05, 4.69) is 0 Å². The molecule has 1 aromatic heterocycles. The van der Waals surface area contributed by atoms with Crippen LogP contribution in [0.3, 0.4) is 0 Å². The van der Waals surface area contributed by atoms with Crippen LogP contribution >= 0.6 is 0 Å². The molecule has 1 aromatic rings. The fraction of sp³-hybridized carbons (Fsp3) is 0.214. The number of rotatable bonds is 4. The highest BCUT2D eigenvalue weighted by Gasteiger charge is 2.06. The molecule has 0 aliphatic rings. The number of hydrogen-bond acceptors (Lipinski definition) is 3. The summed E-state index contributed by atoms with van der Waals surface area (Å²) in [6.07, 6.45) is 11.1. The molecule has 0 aliphatic carbocycles. The third-order valence-corrected chi connectivity index (χ3v) is 2.19. The molecule has 0 aliphatic heterocycles. The van der Waals surface area contributed by atoms with Crippen LogP contribution in [0.2, 0.25) is 0 Å². The fourth-order valence-corrected chi connectivity index (χ4v) is 1.30. The molecule has 0 atom stereocenters. The molecular weight excluding hydrogens is 216 g/mol. The Morgan fingerprint density at radius 3 is 2.59 bits per heavy atom. The Balaban J connectivity index is 2.98. The Bertz CT molecular complexity index is 505. The molecule has 0 spiro atoms. The SMILES string of the molecule is CC=CC=CC=Cc1oc(=O)cc(OC)c1C. The molecule has 0 bridgehead atoms. The lowest BCUT2D eigenvalue weighted by Crippen LogP contribution is -2.02. The van der Waals surface area contributed by atoms with Gasteiger partial charge in [0.1, 0.15) is 11.5 Å². The summed E-state index contributed by atoms with van der Waals surface area (Å²) >= 11 is 0. The molecule has 3 heteroatoms. The van der Waals surface area contributed by atoms with Gasteiger partial charge in [-0.1, -0.05) is 30.4 Å². The van der Waals surface area contributed by atoms with E-state index in [-0.39, 0.29) is 0 Å². The van der Waals surface area contributed by atoms with Crippen molar-refractivity contribution in [1.29, 1.82) is 0 Å². The summed E-state index contributed by atoms with van der Waals surface area (Å²) in [5, 5.41) is 0. The third kappa shape index (κ3) is 3.79. The maximum absolute atomic E-state index is 11.2. The van der Waals surface area contributed by atoms with E-state index in [4.69, 9.17) is 9.15 Å². The van der Waals surface area contributed by atoms with Crippen LogP contribution in [-0.2, 0) is 0 Å². The van der Waals surface area contributed by atoms with Gasteiger partial charge in [0.25, 0.3) is 0 Å². The molecule has 0 saturated carbocycles. The zero-order valence-corrected chi connectivity index (χ0v) is 10.3. The number of methoxy groups -OCH3 is 1. The lowest BCUT2D eigenvalue weighted by atomic mass is 10.2. The monoisotopic (exact) mass is 232 g/mol. The molecule has 0 unspecified atom stereocenters. The van der Waals surface area contributed by atoms with E-state index in [0.29, 0.717) is 11.5 Å². The summed E-state index contributed by atoms with van der Waals surface area (Å²) in [4.78, 5) is 11.2. The van der Waals surface area contributed by atoms with E-state index in [1.54, 1.807) is 6.08 Å². The lowest BCUT2D eigenvalue weighted by Gasteiger charge is -2.04. The molecule has 3 nitrogen and oxygen atoms in total. The predicted octanol–water partition coefficient (Wildman–Crippen LogP) is 3.10. The number of allylic oxidation sites excluding steroid dienone is 5. The van der Waals surface area contributed by atoms with Gasteiger partial charge < -0.3 is 9.15 Å². The molecule has 90 valence electrons. The third-order valence-electron chi connectivity index (χ3n) is 2.19. The van der Waals surface area contributed by atoms with Crippen LogP contribution < -0.4 is 10.4 Å². The van der Waals surface area contributed by atoms with Crippen molar-refractivity contribution in [3.8, 4) is 5.75 Å². The molecule has 17 heavy (non-hydrogen) atoms. The smallest absolute Gasteiger partial charge is 0.339 e. The van der Waals surface area contributed by atoms with E-state index in [1.165, 1.54) is 13.2 Å². The average molecular weight is 232 g/mol. The van der Waals surface area contributed by atoms with E-state index in [0.717, 1.165) is 5.56 Å². The second-order valence-corrected chi connectivity index (χ2v) is 3.39. The Morgan fingerprint density at radius 1 is 1.24 bits per heavy atom. The first kappa shape index (κ1) is 13.0. The van der Waals surface area contributed by atoms with E-state index >= 15 is 0 Å². The highest BCUT2D eigenvalue weighted by atomic mass is 16.5. The Hall–Kier alpha value is -2.03. The van der Waals surface area contributed by atoms with E-state index < -0.39 is 5.63 Å². The Labute approximate surface area is 101 Å². The minimum absolute atomic E-state index is 0.412. The zero-order chi connectivity index (χ0) is 12.7. The van der Waals surface area contributed by atoms with Crippen molar-refractivity contribution in [2.75, 3.05) is 7.11 Å². The van der Waals surface area contributed by atoms with Gasteiger partial charge in [0.05, 0.1) is 13.2 Å². The molecule has 0 fully saturated rings. The topological polar surface area (TPSA) is 39.4 Å². The summed E-state index contributed by atoms with van der Waals surface area (Å²) in [5.74, 6) is 1.05. The minimum atomic E-state index is -0.412. The van der Waals surface area contributed by atoms with Crippen molar-refractivity contribution in [3.05, 3.63) is 58.2 Å². The van der Waals surface area contributed by atoms with Crippen molar-refractivity contribution in [2.45, 2.75) is 13.8 Å². The predicted molar refractivity (Wildman–Crippen MR) is 69.3 cm³/mol. The van der Waals surface area contributed by atoms with Gasteiger partial charge in [0, 0.05) is 5.56 Å². The maximum atomic E-state index is 11.2. The van der Waals surface area contributed by atoms with Gasteiger partial charge in [-0.15, -0.1) is 0 Å². The summed E-state index contributed by atoms with van der Waals surface area (Å²) in [6.45, 7) is 3.79. The minimum Gasteiger partial charge on any atom is -0.496 e. The van der Waals surface area contributed by atoms with Crippen LogP contribution in [0.5, 0.6) is 5.75 Å². The second kappa shape index (κ2) is 6.53.